The van der Waals surface area contributed by atoms with Gasteiger partial charge in [-0.2, -0.15) is 0 Å². The van der Waals surface area contributed by atoms with Gasteiger partial charge in [-0.1, -0.05) is 24.8 Å². The molecule has 0 radical (unpaired) electrons. The van der Waals surface area contributed by atoms with Crippen LogP contribution >= 0.6 is 0 Å². The normalized spacial score (nSPS) is 10.3. The molecule has 0 unspecified atom stereocenters. The average Bonchev–Trinajstić information content (AvgIpc) is 2.54. The Labute approximate surface area is 90.7 Å². The molecule has 2 aromatic rings. The number of para-hydroxylation sites is 1. The predicted octanol–water partition coefficient (Wildman–Crippen LogP) is 3.74. The van der Waals surface area contributed by atoms with E-state index in [1.807, 2.05) is 12.1 Å². The number of nitrogens with zero attached hydrogens (tertiary/aromatic N) is 1. The van der Waals surface area contributed by atoms with E-state index in [0.717, 1.165) is 0 Å². The zero-order chi connectivity index (χ0) is 10.8. The summed E-state index contributed by atoms with van der Waals surface area (Å²) in [6.45, 7) is 8.10. The van der Waals surface area contributed by atoms with Gasteiger partial charge < -0.3 is 4.57 Å². The van der Waals surface area contributed by atoms with Crippen LogP contribution in [0.5, 0.6) is 0 Å². The lowest BCUT2D eigenvalue weighted by molar-refractivity contribution is 0.999. The van der Waals surface area contributed by atoms with E-state index in [9.17, 15) is 0 Å². The zero-order valence-electron chi connectivity index (χ0n) is 9.20. The Morgan fingerprint density at radius 3 is 2.40 bits per heavy atom. The number of rotatable bonds is 2. The van der Waals surface area contributed by atoms with Crippen molar-refractivity contribution in [2.75, 3.05) is 0 Å². The Morgan fingerprint density at radius 2 is 1.80 bits per heavy atom. The number of hydrogen-bond acceptors (Lipinski definition) is 0. The summed E-state index contributed by atoms with van der Waals surface area (Å²) in [4.78, 5) is 0. The van der Waals surface area contributed by atoms with E-state index >= 15 is 0 Å². The third kappa shape index (κ3) is 1.61. The van der Waals surface area contributed by atoms with Crippen molar-refractivity contribution in [1.82, 2.24) is 4.57 Å². The van der Waals surface area contributed by atoms with E-state index in [1.54, 1.807) is 0 Å². The molecule has 1 aromatic carbocycles. The Balaban J connectivity index is 2.67. The molecule has 0 aliphatic carbocycles. The van der Waals surface area contributed by atoms with Crippen LogP contribution in [0.2, 0.25) is 0 Å². The van der Waals surface area contributed by atoms with Crippen molar-refractivity contribution in [3.8, 4) is 5.69 Å². The first kappa shape index (κ1) is 9.78. The highest BCUT2D eigenvalue weighted by molar-refractivity contribution is 5.54. The van der Waals surface area contributed by atoms with Gasteiger partial charge in [-0.3, -0.25) is 0 Å². The molecular formula is C14H15N. The summed E-state index contributed by atoms with van der Waals surface area (Å²) >= 11 is 0. The highest BCUT2D eigenvalue weighted by Crippen LogP contribution is 2.21. The highest BCUT2D eigenvalue weighted by atomic mass is 15.0. The van der Waals surface area contributed by atoms with Crippen molar-refractivity contribution in [2.24, 2.45) is 0 Å². The molecule has 1 heteroatoms. The molecule has 0 spiro atoms. The van der Waals surface area contributed by atoms with E-state index in [1.165, 1.54) is 22.6 Å². The number of aryl methyl sites for hydroxylation is 2. The average molecular weight is 197 g/mol. The van der Waals surface area contributed by atoms with Crippen LogP contribution in [0.4, 0.5) is 0 Å². The largest absolute Gasteiger partial charge is 0.314 e. The molecule has 0 saturated carbocycles. The summed E-state index contributed by atoms with van der Waals surface area (Å²) in [5.74, 6) is 0. The zero-order valence-corrected chi connectivity index (χ0v) is 9.20. The maximum Gasteiger partial charge on any atom is 0.0482 e. The van der Waals surface area contributed by atoms with Gasteiger partial charge in [0.25, 0.3) is 0 Å². The molecule has 2 rings (SSSR count). The second-order valence-corrected chi connectivity index (χ2v) is 3.73. The summed E-state index contributed by atoms with van der Waals surface area (Å²) < 4.78 is 2.22. The van der Waals surface area contributed by atoms with Crippen LogP contribution in [-0.2, 0) is 0 Å². The topological polar surface area (TPSA) is 4.93 Å². The van der Waals surface area contributed by atoms with Crippen molar-refractivity contribution in [3.05, 3.63) is 59.9 Å². The van der Waals surface area contributed by atoms with E-state index < -0.39 is 0 Å². The van der Waals surface area contributed by atoms with Crippen LogP contribution in [-0.4, -0.2) is 4.57 Å². The molecule has 1 nitrogen and oxygen atoms in total. The Hall–Kier alpha value is -1.76. The maximum absolute atomic E-state index is 3.87. The van der Waals surface area contributed by atoms with E-state index in [4.69, 9.17) is 0 Å². The van der Waals surface area contributed by atoms with Gasteiger partial charge in [0, 0.05) is 17.1 Å². The van der Waals surface area contributed by atoms with Crippen LogP contribution < -0.4 is 0 Å². The van der Waals surface area contributed by atoms with Crippen molar-refractivity contribution < 1.29 is 0 Å². The first-order valence-corrected chi connectivity index (χ1v) is 5.11. The molecule has 76 valence electrons. The maximum atomic E-state index is 3.87. The Morgan fingerprint density at radius 1 is 1.13 bits per heavy atom. The summed E-state index contributed by atoms with van der Waals surface area (Å²) in [7, 11) is 0. The predicted molar refractivity (Wildman–Crippen MR) is 65.3 cm³/mol. The number of benzene rings is 1. The van der Waals surface area contributed by atoms with Crippen molar-refractivity contribution in [3.63, 3.8) is 0 Å². The summed E-state index contributed by atoms with van der Waals surface area (Å²) in [6, 6.07) is 12.5. The first-order chi connectivity index (χ1) is 7.24. The lowest BCUT2D eigenvalue weighted by Crippen LogP contribution is -1.98. The van der Waals surface area contributed by atoms with Crippen molar-refractivity contribution in [2.45, 2.75) is 13.8 Å². The summed E-state index contributed by atoms with van der Waals surface area (Å²) in [6.07, 6.45) is 1.91. The first-order valence-electron chi connectivity index (χ1n) is 5.11. The number of aromatic nitrogens is 1. The molecule has 0 fully saturated rings. The van der Waals surface area contributed by atoms with E-state index in [2.05, 4.69) is 55.3 Å². The van der Waals surface area contributed by atoms with Crippen LogP contribution in [0.1, 0.15) is 17.0 Å². The molecule has 0 aliphatic rings. The lowest BCUT2D eigenvalue weighted by atomic mass is 10.2. The van der Waals surface area contributed by atoms with Gasteiger partial charge in [0.1, 0.15) is 0 Å². The fourth-order valence-corrected chi connectivity index (χ4v) is 1.99. The highest BCUT2D eigenvalue weighted by Gasteiger charge is 2.07. The molecule has 0 aliphatic heterocycles. The lowest BCUT2D eigenvalue weighted by Gasteiger charge is -2.09. The number of hydrogen-bond donors (Lipinski definition) is 0. The second kappa shape index (κ2) is 3.77. The van der Waals surface area contributed by atoms with Gasteiger partial charge >= 0.3 is 0 Å². The quantitative estimate of drug-likeness (QED) is 0.691. The van der Waals surface area contributed by atoms with Gasteiger partial charge in [-0.05, 0) is 43.7 Å². The van der Waals surface area contributed by atoms with Crippen molar-refractivity contribution in [1.29, 1.82) is 0 Å². The molecule has 0 bridgehead atoms. The van der Waals surface area contributed by atoms with Crippen molar-refractivity contribution >= 4 is 6.08 Å². The molecule has 1 heterocycles. The van der Waals surface area contributed by atoms with Crippen LogP contribution in [0.3, 0.4) is 0 Å². The van der Waals surface area contributed by atoms with E-state index in [0.29, 0.717) is 0 Å². The van der Waals surface area contributed by atoms with Gasteiger partial charge in [-0.15, -0.1) is 0 Å². The van der Waals surface area contributed by atoms with Crippen LogP contribution in [0, 0.1) is 13.8 Å². The molecule has 0 amide bonds. The van der Waals surface area contributed by atoms with Crippen LogP contribution in [0.15, 0.2) is 43.0 Å². The fraction of sp³-hybridized carbons (Fsp3) is 0.143. The molecule has 15 heavy (non-hydrogen) atoms. The smallest absolute Gasteiger partial charge is 0.0482 e. The Kier molecular flexibility index (Phi) is 2.46. The van der Waals surface area contributed by atoms with Gasteiger partial charge in [0.05, 0.1) is 0 Å². The molecule has 0 N–H and O–H groups in total. The van der Waals surface area contributed by atoms with Gasteiger partial charge in [-0.25, -0.2) is 0 Å². The minimum Gasteiger partial charge on any atom is -0.314 e. The third-order valence-electron chi connectivity index (χ3n) is 2.63. The SMILES string of the molecule is C=Cc1c(C)cc(C)n1-c1ccccc1. The minimum atomic E-state index is 1.18. The molecular weight excluding hydrogens is 182 g/mol. The third-order valence-corrected chi connectivity index (χ3v) is 2.63. The second-order valence-electron chi connectivity index (χ2n) is 3.73. The Bertz CT molecular complexity index is 478. The fourth-order valence-electron chi connectivity index (χ4n) is 1.99. The van der Waals surface area contributed by atoms with E-state index in [-0.39, 0.29) is 0 Å². The van der Waals surface area contributed by atoms with Gasteiger partial charge in [0.2, 0.25) is 0 Å². The van der Waals surface area contributed by atoms with Gasteiger partial charge in [0.15, 0.2) is 0 Å². The monoisotopic (exact) mass is 197 g/mol. The minimum absolute atomic E-state index is 1.18. The molecule has 0 saturated heterocycles. The summed E-state index contributed by atoms with van der Waals surface area (Å²) in [5, 5.41) is 0. The van der Waals surface area contributed by atoms with Crippen LogP contribution in [0.25, 0.3) is 11.8 Å². The molecule has 0 atom stereocenters. The molecule has 1 aromatic heterocycles. The standard InChI is InChI=1S/C14H15N/c1-4-14-11(2)10-12(3)15(14)13-8-6-5-7-9-13/h4-10H,1H2,2-3H3. The summed E-state index contributed by atoms with van der Waals surface area (Å²) in [5.41, 5.74) is 4.89.